The molecule has 166 valence electrons. The minimum absolute atomic E-state index is 0.0221. The molecule has 0 radical (unpaired) electrons. The highest BCUT2D eigenvalue weighted by Gasteiger charge is 2.33. The van der Waals surface area contributed by atoms with Crippen LogP contribution in [0, 0.1) is 5.82 Å². The van der Waals surface area contributed by atoms with E-state index < -0.39 is 21.8 Å². The van der Waals surface area contributed by atoms with E-state index in [9.17, 15) is 17.6 Å². The fourth-order valence-electron chi connectivity index (χ4n) is 3.55. The fourth-order valence-corrected chi connectivity index (χ4v) is 5.11. The van der Waals surface area contributed by atoms with Crippen LogP contribution in [-0.2, 0) is 14.8 Å². The highest BCUT2D eigenvalue weighted by Crippen LogP contribution is 2.35. The van der Waals surface area contributed by atoms with E-state index in [1.807, 2.05) is 37.3 Å². The molecule has 2 heterocycles. The minimum Gasteiger partial charge on any atom is -0.364 e. The third kappa shape index (κ3) is 4.29. The maximum Gasteiger partial charge on any atom is 0.264 e. The van der Waals surface area contributed by atoms with Gasteiger partial charge in [-0.3, -0.25) is 9.10 Å². The van der Waals surface area contributed by atoms with Crippen LogP contribution in [0.25, 0.3) is 0 Å². The largest absolute Gasteiger partial charge is 0.364 e. The van der Waals surface area contributed by atoms with Crippen LogP contribution in [0.1, 0.15) is 25.3 Å². The van der Waals surface area contributed by atoms with Gasteiger partial charge >= 0.3 is 0 Å². The topological polar surface area (TPSA) is 91.4 Å². The third-order valence-corrected chi connectivity index (χ3v) is 7.12. The zero-order valence-corrected chi connectivity index (χ0v) is 18.4. The van der Waals surface area contributed by atoms with Gasteiger partial charge in [0.2, 0.25) is 5.91 Å². The summed E-state index contributed by atoms with van der Waals surface area (Å²) in [6.45, 7) is 3.80. The third-order valence-electron chi connectivity index (χ3n) is 5.32. The van der Waals surface area contributed by atoms with E-state index in [0.717, 1.165) is 17.7 Å². The summed E-state index contributed by atoms with van der Waals surface area (Å²) in [5.41, 5.74) is 1.57. The summed E-state index contributed by atoms with van der Waals surface area (Å²) in [6, 6.07) is 15.4. The molecule has 0 bridgehead atoms. The lowest BCUT2D eigenvalue weighted by Crippen LogP contribution is -2.43. The molecule has 2 N–H and O–H groups in total. The second-order valence-corrected chi connectivity index (χ2v) is 9.61. The average Bonchev–Trinajstić information content (AvgIpc) is 2.79. The number of sulfonamides is 1. The molecule has 0 saturated carbocycles. The number of fused-ring (bicyclic) bond motifs is 1. The Morgan fingerprint density at radius 3 is 2.56 bits per heavy atom. The van der Waals surface area contributed by atoms with Crippen molar-refractivity contribution >= 4 is 33.1 Å². The van der Waals surface area contributed by atoms with Gasteiger partial charge in [-0.25, -0.2) is 17.8 Å². The van der Waals surface area contributed by atoms with E-state index in [4.69, 9.17) is 0 Å². The number of hydrogen-bond acceptors (Lipinski definition) is 5. The standard InChI is InChI=1S/C23H23FN4O3S/c1-15-14-28(32(30,31)20-10-8-18(24)9-11-20)21-12-19(13-25-22(21)26-15)27-23(29)16(2)17-6-4-3-5-7-17/h3-13,15-16H,14H2,1-2H3,(H,25,26)(H,27,29)/t15-,16-/m0/s1. The molecule has 4 rings (SSSR count). The van der Waals surface area contributed by atoms with Crippen molar-refractivity contribution in [2.75, 3.05) is 21.5 Å². The number of carbonyl (C=O) groups is 1. The molecule has 3 aromatic rings. The first kappa shape index (κ1) is 21.8. The molecule has 1 aromatic heterocycles. The van der Waals surface area contributed by atoms with Gasteiger partial charge in [-0.2, -0.15) is 0 Å². The Morgan fingerprint density at radius 2 is 1.88 bits per heavy atom. The summed E-state index contributed by atoms with van der Waals surface area (Å²) in [7, 11) is -3.96. The van der Waals surface area contributed by atoms with Crippen molar-refractivity contribution in [1.82, 2.24) is 4.98 Å². The van der Waals surface area contributed by atoms with E-state index in [2.05, 4.69) is 15.6 Å². The van der Waals surface area contributed by atoms with Crippen molar-refractivity contribution in [2.24, 2.45) is 0 Å². The summed E-state index contributed by atoms with van der Waals surface area (Å²) in [5.74, 6) is -0.756. The van der Waals surface area contributed by atoms with Crippen molar-refractivity contribution in [3.8, 4) is 0 Å². The average molecular weight is 455 g/mol. The Labute approximate surface area is 186 Å². The molecule has 1 aliphatic rings. The summed E-state index contributed by atoms with van der Waals surface area (Å²) < 4.78 is 41.1. The quantitative estimate of drug-likeness (QED) is 0.609. The molecule has 0 saturated heterocycles. The van der Waals surface area contributed by atoms with E-state index in [0.29, 0.717) is 17.2 Å². The van der Waals surface area contributed by atoms with Crippen molar-refractivity contribution in [3.63, 3.8) is 0 Å². The molecular weight excluding hydrogens is 431 g/mol. The first-order valence-corrected chi connectivity index (χ1v) is 11.6. The summed E-state index contributed by atoms with van der Waals surface area (Å²) in [4.78, 5) is 17.1. The van der Waals surface area contributed by atoms with Crippen LogP contribution in [0.4, 0.5) is 21.6 Å². The van der Waals surface area contributed by atoms with Crippen LogP contribution < -0.4 is 14.9 Å². The molecule has 0 spiro atoms. The van der Waals surface area contributed by atoms with Crippen LogP contribution in [0.2, 0.25) is 0 Å². The Kier molecular flexibility index (Phi) is 5.84. The van der Waals surface area contributed by atoms with Crippen LogP contribution in [-0.4, -0.2) is 31.9 Å². The molecular formula is C23H23FN4O3S. The molecule has 32 heavy (non-hydrogen) atoms. The number of nitrogens with zero attached hydrogens (tertiary/aromatic N) is 2. The monoisotopic (exact) mass is 454 g/mol. The van der Waals surface area contributed by atoms with Gasteiger partial charge in [-0.05, 0) is 49.7 Å². The second kappa shape index (κ2) is 8.58. The molecule has 2 atom stereocenters. The number of amides is 1. The number of halogens is 1. The van der Waals surface area contributed by atoms with Crippen LogP contribution in [0.5, 0.6) is 0 Å². The van der Waals surface area contributed by atoms with Crippen LogP contribution in [0.3, 0.4) is 0 Å². The molecule has 1 aliphatic heterocycles. The molecule has 0 fully saturated rings. The predicted molar refractivity (Wildman–Crippen MR) is 122 cm³/mol. The zero-order valence-electron chi connectivity index (χ0n) is 17.6. The lowest BCUT2D eigenvalue weighted by molar-refractivity contribution is -0.117. The van der Waals surface area contributed by atoms with E-state index in [1.54, 1.807) is 13.0 Å². The molecule has 1 amide bonds. The van der Waals surface area contributed by atoms with Gasteiger partial charge in [-0.15, -0.1) is 0 Å². The van der Waals surface area contributed by atoms with Gasteiger partial charge in [0.15, 0.2) is 5.82 Å². The fraction of sp³-hybridized carbons (Fsp3) is 0.217. The number of benzene rings is 2. The normalized spacial score (nSPS) is 16.6. The molecule has 2 aromatic carbocycles. The smallest absolute Gasteiger partial charge is 0.264 e. The number of anilines is 3. The summed E-state index contributed by atoms with van der Waals surface area (Å²) in [6.07, 6.45) is 1.49. The maximum absolute atomic E-state index is 13.3. The number of hydrogen-bond donors (Lipinski definition) is 2. The highest BCUT2D eigenvalue weighted by molar-refractivity contribution is 7.92. The molecule has 0 aliphatic carbocycles. The first-order chi connectivity index (χ1) is 15.3. The number of aromatic nitrogens is 1. The van der Waals surface area contributed by atoms with Crippen molar-refractivity contribution in [3.05, 3.63) is 78.2 Å². The summed E-state index contributed by atoms with van der Waals surface area (Å²) in [5, 5.41) is 5.98. The Balaban J connectivity index is 1.65. The van der Waals surface area contributed by atoms with Gasteiger partial charge < -0.3 is 10.6 Å². The van der Waals surface area contributed by atoms with Crippen molar-refractivity contribution in [2.45, 2.75) is 30.7 Å². The highest BCUT2D eigenvalue weighted by atomic mass is 32.2. The molecule has 7 nitrogen and oxygen atoms in total. The summed E-state index contributed by atoms with van der Waals surface area (Å²) >= 11 is 0. The lowest BCUT2D eigenvalue weighted by atomic mass is 10.0. The zero-order chi connectivity index (χ0) is 22.9. The maximum atomic E-state index is 13.3. The van der Waals surface area contributed by atoms with Crippen molar-refractivity contribution < 1.29 is 17.6 Å². The van der Waals surface area contributed by atoms with Crippen LogP contribution in [0.15, 0.2) is 71.8 Å². The van der Waals surface area contributed by atoms with Gasteiger partial charge in [-0.1, -0.05) is 30.3 Å². The Morgan fingerprint density at radius 1 is 1.19 bits per heavy atom. The van der Waals surface area contributed by atoms with Gasteiger partial charge in [0, 0.05) is 6.04 Å². The number of rotatable bonds is 5. The second-order valence-electron chi connectivity index (χ2n) is 7.75. The SMILES string of the molecule is C[C@H](C(=O)Nc1cnc2c(c1)N(S(=O)(=O)c1ccc(F)cc1)C[C@H](C)N2)c1ccccc1. The van der Waals surface area contributed by atoms with E-state index in [-0.39, 0.29) is 23.4 Å². The number of carbonyl (C=O) groups excluding carboxylic acids is 1. The van der Waals surface area contributed by atoms with Gasteiger partial charge in [0.25, 0.3) is 10.0 Å². The van der Waals surface area contributed by atoms with E-state index in [1.165, 1.54) is 22.6 Å². The predicted octanol–water partition coefficient (Wildman–Crippen LogP) is 3.97. The first-order valence-electron chi connectivity index (χ1n) is 10.2. The molecule has 0 unspecified atom stereocenters. The Bertz CT molecular complexity index is 1230. The van der Waals surface area contributed by atoms with Gasteiger partial charge in [0.1, 0.15) is 5.82 Å². The number of pyridine rings is 1. The van der Waals surface area contributed by atoms with Crippen molar-refractivity contribution in [1.29, 1.82) is 0 Å². The Hall–Kier alpha value is -3.46. The van der Waals surface area contributed by atoms with Crippen LogP contribution >= 0.6 is 0 Å². The minimum atomic E-state index is -3.96. The van der Waals surface area contributed by atoms with Gasteiger partial charge in [0.05, 0.1) is 34.9 Å². The lowest BCUT2D eigenvalue weighted by Gasteiger charge is -2.34. The van der Waals surface area contributed by atoms with E-state index >= 15 is 0 Å². The molecule has 9 heteroatoms. The number of nitrogens with one attached hydrogen (secondary N) is 2.